The molecule has 0 radical (unpaired) electrons. The van der Waals surface area contributed by atoms with Gasteiger partial charge in [0.25, 0.3) is 5.91 Å². The van der Waals surface area contributed by atoms with Crippen molar-refractivity contribution >= 4 is 5.91 Å². The second kappa shape index (κ2) is 7.53. The Balaban J connectivity index is 1.42. The molecule has 1 amide bonds. The molecule has 6 nitrogen and oxygen atoms in total. The summed E-state index contributed by atoms with van der Waals surface area (Å²) in [7, 11) is 1.65. The normalized spacial score (nSPS) is 13.1. The molecule has 1 aliphatic heterocycles. The van der Waals surface area contributed by atoms with E-state index in [0.29, 0.717) is 18.8 Å². The summed E-state index contributed by atoms with van der Waals surface area (Å²) in [6.07, 6.45) is 0.735. The number of methoxy groups -OCH3 is 1. The van der Waals surface area contributed by atoms with Gasteiger partial charge in [-0.2, -0.15) is 0 Å². The van der Waals surface area contributed by atoms with E-state index in [1.807, 2.05) is 54.6 Å². The number of carbonyl (C=O) groups excluding carboxylic acids is 1. The van der Waals surface area contributed by atoms with Gasteiger partial charge in [0.2, 0.25) is 0 Å². The van der Waals surface area contributed by atoms with Crippen molar-refractivity contribution in [2.75, 3.05) is 20.3 Å². The SMILES string of the molecule is COc1ccc(-c2nc3c([nH]2)CN(C(=O)COc2ccccc2)CC3)cc1. The van der Waals surface area contributed by atoms with Crippen LogP contribution in [0.3, 0.4) is 0 Å². The van der Waals surface area contributed by atoms with Gasteiger partial charge in [0.1, 0.15) is 17.3 Å². The average Bonchev–Trinajstić information content (AvgIpc) is 3.16. The molecule has 1 aliphatic rings. The number of para-hydroxylation sites is 1. The fraction of sp³-hybridized carbons (Fsp3) is 0.238. The van der Waals surface area contributed by atoms with Crippen LogP contribution in [0.4, 0.5) is 0 Å². The van der Waals surface area contributed by atoms with E-state index in [1.54, 1.807) is 12.0 Å². The Labute approximate surface area is 157 Å². The number of aromatic nitrogens is 2. The Morgan fingerprint density at radius 1 is 1.11 bits per heavy atom. The minimum absolute atomic E-state index is 0.0231. The Bertz CT molecular complexity index is 920. The van der Waals surface area contributed by atoms with Crippen molar-refractivity contribution in [2.24, 2.45) is 0 Å². The summed E-state index contributed by atoms with van der Waals surface area (Å²) in [5.74, 6) is 2.31. The Kier molecular flexibility index (Phi) is 4.78. The van der Waals surface area contributed by atoms with Gasteiger partial charge in [-0.15, -0.1) is 0 Å². The second-order valence-corrected chi connectivity index (χ2v) is 6.41. The predicted octanol–water partition coefficient (Wildman–Crippen LogP) is 3.05. The third-order valence-corrected chi connectivity index (χ3v) is 4.65. The Morgan fingerprint density at radius 2 is 1.89 bits per heavy atom. The van der Waals surface area contributed by atoms with Gasteiger partial charge in [-0.1, -0.05) is 18.2 Å². The summed E-state index contributed by atoms with van der Waals surface area (Å²) in [6.45, 7) is 1.21. The van der Waals surface area contributed by atoms with Gasteiger partial charge in [-0.3, -0.25) is 4.79 Å². The van der Waals surface area contributed by atoms with Crippen LogP contribution in [0.2, 0.25) is 0 Å². The van der Waals surface area contributed by atoms with Gasteiger partial charge in [-0.25, -0.2) is 4.98 Å². The summed E-state index contributed by atoms with van der Waals surface area (Å²) in [6, 6.07) is 17.1. The first kappa shape index (κ1) is 17.1. The lowest BCUT2D eigenvalue weighted by Gasteiger charge is -2.26. The molecule has 2 aromatic carbocycles. The minimum Gasteiger partial charge on any atom is -0.497 e. The van der Waals surface area contributed by atoms with Gasteiger partial charge in [0.15, 0.2) is 6.61 Å². The molecule has 0 fully saturated rings. The highest BCUT2D eigenvalue weighted by Gasteiger charge is 2.24. The first-order chi connectivity index (χ1) is 13.2. The van der Waals surface area contributed by atoms with Gasteiger partial charge in [0.05, 0.1) is 25.0 Å². The summed E-state index contributed by atoms with van der Waals surface area (Å²) in [5.41, 5.74) is 3.00. The fourth-order valence-corrected chi connectivity index (χ4v) is 3.15. The van der Waals surface area contributed by atoms with Crippen molar-refractivity contribution in [3.8, 4) is 22.9 Å². The van der Waals surface area contributed by atoms with Crippen LogP contribution < -0.4 is 9.47 Å². The second-order valence-electron chi connectivity index (χ2n) is 6.41. The van der Waals surface area contributed by atoms with Gasteiger partial charge >= 0.3 is 0 Å². The lowest BCUT2D eigenvalue weighted by molar-refractivity contribution is -0.134. The molecule has 1 aromatic heterocycles. The monoisotopic (exact) mass is 363 g/mol. The number of fused-ring (bicyclic) bond motifs is 1. The number of carbonyl (C=O) groups is 1. The van der Waals surface area contributed by atoms with Crippen molar-refractivity contribution in [1.82, 2.24) is 14.9 Å². The van der Waals surface area contributed by atoms with E-state index in [4.69, 9.17) is 14.5 Å². The maximum absolute atomic E-state index is 12.5. The number of hydrogen-bond acceptors (Lipinski definition) is 4. The van der Waals surface area contributed by atoms with Crippen LogP contribution in [0.15, 0.2) is 54.6 Å². The van der Waals surface area contributed by atoms with E-state index in [2.05, 4.69) is 4.98 Å². The molecule has 0 unspecified atom stereocenters. The summed E-state index contributed by atoms with van der Waals surface area (Å²) < 4.78 is 10.8. The zero-order chi connectivity index (χ0) is 18.6. The highest BCUT2D eigenvalue weighted by molar-refractivity contribution is 5.78. The molecule has 0 bridgehead atoms. The molecule has 2 heterocycles. The predicted molar refractivity (Wildman–Crippen MR) is 102 cm³/mol. The largest absolute Gasteiger partial charge is 0.497 e. The number of nitrogens with zero attached hydrogens (tertiary/aromatic N) is 2. The van der Waals surface area contributed by atoms with Crippen LogP contribution in [0.1, 0.15) is 11.4 Å². The number of ether oxygens (including phenoxy) is 2. The highest BCUT2D eigenvalue weighted by Crippen LogP contribution is 2.24. The van der Waals surface area contributed by atoms with Crippen molar-refractivity contribution < 1.29 is 14.3 Å². The first-order valence-corrected chi connectivity index (χ1v) is 8.91. The van der Waals surface area contributed by atoms with E-state index in [1.165, 1.54) is 0 Å². The maximum atomic E-state index is 12.5. The summed E-state index contributed by atoms with van der Waals surface area (Å²) in [4.78, 5) is 22.3. The number of nitrogens with one attached hydrogen (secondary N) is 1. The standard InChI is InChI=1S/C21H21N3O3/c1-26-16-9-7-15(8-10-16)21-22-18-11-12-24(13-19(18)23-21)20(25)14-27-17-5-3-2-4-6-17/h2-10H,11-14H2,1H3,(H,22,23). The molecular weight excluding hydrogens is 342 g/mol. The topological polar surface area (TPSA) is 67.5 Å². The van der Waals surface area contributed by atoms with E-state index >= 15 is 0 Å². The van der Waals surface area contributed by atoms with E-state index < -0.39 is 0 Å². The number of hydrogen-bond donors (Lipinski definition) is 1. The van der Waals surface area contributed by atoms with E-state index in [0.717, 1.165) is 34.9 Å². The van der Waals surface area contributed by atoms with Crippen LogP contribution >= 0.6 is 0 Å². The number of rotatable bonds is 5. The summed E-state index contributed by atoms with van der Waals surface area (Å²) in [5, 5.41) is 0. The number of H-pyrrole nitrogens is 1. The van der Waals surface area contributed by atoms with Crippen LogP contribution in [0, 0.1) is 0 Å². The molecule has 0 saturated carbocycles. The number of aromatic amines is 1. The lowest BCUT2D eigenvalue weighted by atomic mass is 10.1. The van der Waals surface area contributed by atoms with E-state index in [-0.39, 0.29) is 12.5 Å². The summed E-state index contributed by atoms with van der Waals surface area (Å²) >= 11 is 0. The number of imidazole rings is 1. The third kappa shape index (κ3) is 3.79. The van der Waals surface area contributed by atoms with Gasteiger partial charge in [-0.05, 0) is 36.4 Å². The zero-order valence-electron chi connectivity index (χ0n) is 15.1. The fourth-order valence-electron chi connectivity index (χ4n) is 3.15. The zero-order valence-corrected chi connectivity index (χ0v) is 15.1. The molecule has 0 spiro atoms. The minimum atomic E-state index is -0.0231. The van der Waals surface area contributed by atoms with Gasteiger partial charge in [0, 0.05) is 18.5 Å². The van der Waals surface area contributed by atoms with Crippen molar-refractivity contribution in [2.45, 2.75) is 13.0 Å². The lowest BCUT2D eigenvalue weighted by Crippen LogP contribution is -2.38. The first-order valence-electron chi connectivity index (χ1n) is 8.91. The molecule has 1 N–H and O–H groups in total. The van der Waals surface area contributed by atoms with Crippen molar-refractivity contribution in [3.63, 3.8) is 0 Å². The van der Waals surface area contributed by atoms with Crippen molar-refractivity contribution in [1.29, 1.82) is 0 Å². The molecule has 0 saturated heterocycles. The quantitative estimate of drug-likeness (QED) is 0.757. The van der Waals surface area contributed by atoms with Gasteiger partial charge < -0.3 is 19.4 Å². The molecule has 0 aliphatic carbocycles. The maximum Gasteiger partial charge on any atom is 0.260 e. The van der Waals surface area contributed by atoms with Crippen LogP contribution in [0.5, 0.6) is 11.5 Å². The Morgan fingerprint density at radius 3 is 2.63 bits per heavy atom. The molecule has 3 aromatic rings. The third-order valence-electron chi connectivity index (χ3n) is 4.65. The molecule has 0 atom stereocenters. The average molecular weight is 363 g/mol. The Hall–Kier alpha value is -3.28. The van der Waals surface area contributed by atoms with Crippen LogP contribution in [-0.4, -0.2) is 41.0 Å². The molecule has 138 valence electrons. The highest BCUT2D eigenvalue weighted by atomic mass is 16.5. The molecule has 4 rings (SSSR count). The molecule has 6 heteroatoms. The number of benzene rings is 2. The van der Waals surface area contributed by atoms with Crippen LogP contribution in [-0.2, 0) is 17.8 Å². The van der Waals surface area contributed by atoms with Crippen molar-refractivity contribution in [3.05, 3.63) is 66.0 Å². The number of amides is 1. The smallest absolute Gasteiger partial charge is 0.260 e. The molecule has 27 heavy (non-hydrogen) atoms. The van der Waals surface area contributed by atoms with Crippen LogP contribution in [0.25, 0.3) is 11.4 Å². The van der Waals surface area contributed by atoms with E-state index in [9.17, 15) is 4.79 Å². The molecular formula is C21H21N3O3.